The molecular weight excluding hydrogens is 289 g/mol. The molecule has 0 saturated heterocycles. The minimum Gasteiger partial charge on any atom is -0.326 e. The standard InChI is InChI=1S/C19H22FN3/c1-4-14(21)11-23-18-10-13(3)12(2)9-17(18)22-19(23)15-7-5-6-8-16(15)20/h5-10,14H,4,11,21H2,1-3H3. The molecule has 0 amide bonds. The third kappa shape index (κ3) is 2.86. The van der Waals surface area contributed by atoms with Crippen LogP contribution in [0.1, 0.15) is 24.5 Å². The van der Waals surface area contributed by atoms with Gasteiger partial charge in [-0.2, -0.15) is 0 Å². The summed E-state index contributed by atoms with van der Waals surface area (Å²) in [6, 6.07) is 10.9. The van der Waals surface area contributed by atoms with E-state index in [1.54, 1.807) is 12.1 Å². The minimum atomic E-state index is -0.262. The van der Waals surface area contributed by atoms with Gasteiger partial charge in [-0.1, -0.05) is 19.1 Å². The van der Waals surface area contributed by atoms with Crippen molar-refractivity contribution < 1.29 is 4.39 Å². The lowest BCUT2D eigenvalue weighted by molar-refractivity contribution is 0.549. The van der Waals surface area contributed by atoms with Crippen molar-refractivity contribution in [3.8, 4) is 11.4 Å². The van der Waals surface area contributed by atoms with Crippen molar-refractivity contribution in [3.63, 3.8) is 0 Å². The van der Waals surface area contributed by atoms with Gasteiger partial charge in [0.15, 0.2) is 0 Å². The molecule has 1 aromatic heterocycles. The molecule has 0 aliphatic rings. The van der Waals surface area contributed by atoms with E-state index < -0.39 is 0 Å². The Bertz CT molecular complexity index is 851. The summed E-state index contributed by atoms with van der Waals surface area (Å²) in [7, 11) is 0. The van der Waals surface area contributed by atoms with Crippen LogP contribution in [0.5, 0.6) is 0 Å². The lowest BCUT2D eigenvalue weighted by Gasteiger charge is -2.14. The predicted octanol–water partition coefficient (Wildman–Crippen LogP) is 4.20. The van der Waals surface area contributed by atoms with Crippen molar-refractivity contribution in [2.24, 2.45) is 5.73 Å². The topological polar surface area (TPSA) is 43.8 Å². The second-order valence-electron chi connectivity index (χ2n) is 6.12. The number of hydrogen-bond donors (Lipinski definition) is 1. The number of fused-ring (bicyclic) bond motifs is 1. The molecule has 0 aliphatic heterocycles. The highest BCUT2D eigenvalue weighted by molar-refractivity contribution is 5.82. The van der Waals surface area contributed by atoms with Crippen molar-refractivity contribution in [2.75, 3.05) is 0 Å². The molecule has 0 fully saturated rings. The molecule has 120 valence electrons. The summed E-state index contributed by atoms with van der Waals surface area (Å²) in [4.78, 5) is 4.70. The number of nitrogens with zero attached hydrogens (tertiary/aromatic N) is 2. The Morgan fingerprint density at radius 3 is 2.57 bits per heavy atom. The average molecular weight is 311 g/mol. The Morgan fingerprint density at radius 1 is 1.17 bits per heavy atom. The summed E-state index contributed by atoms with van der Waals surface area (Å²) in [5.41, 5.74) is 11.0. The van der Waals surface area contributed by atoms with E-state index in [1.165, 1.54) is 17.2 Å². The quantitative estimate of drug-likeness (QED) is 0.785. The summed E-state index contributed by atoms with van der Waals surface area (Å²) < 4.78 is 16.3. The third-order valence-electron chi connectivity index (χ3n) is 4.42. The number of hydrogen-bond acceptors (Lipinski definition) is 2. The zero-order chi connectivity index (χ0) is 16.6. The van der Waals surface area contributed by atoms with Gasteiger partial charge in [-0.25, -0.2) is 9.37 Å². The number of halogens is 1. The van der Waals surface area contributed by atoms with Gasteiger partial charge in [0.05, 0.1) is 16.6 Å². The van der Waals surface area contributed by atoms with Crippen molar-refractivity contribution in [3.05, 3.63) is 53.3 Å². The van der Waals surface area contributed by atoms with Gasteiger partial charge in [0.2, 0.25) is 0 Å². The SMILES string of the molecule is CCC(N)Cn1c(-c2ccccc2F)nc2cc(C)c(C)cc21. The van der Waals surface area contributed by atoms with Gasteiger partial charge in [0.25, 0.3) is 0 Å². The molecule has 3 nitrogen and oxygen atoms in total. The Kier molecular flexibility index (Phi) is 4.18. The zero-order valence-corrected chi connectivity index (χ0v) is 13.8. The lowest BCUT2D eigenvalue weighted by atomic mass is 10.1. The van der Waals surface area contributed by atoms with E-state index in [-0.39, 0.29) is 11.9 Å². The van der Waals surface area contributed by atoms with Gasteiger partial charge in [-0.05, 0) is 55.7 Å². The highest BCUT2D eigenvalue weighted by Gasteiger charge is 2.17. The van der Waals surface area contributed by atoms with Gasteiger partial charge < -0.3 is 10.3 Å². The second-order valence-corrected chi connectivity index (χ2v) is 6.12. The maximum Gasteiger partial charge on any atom is 0.144 e. The van der Waals surface area contributed by atoms with Gasteiger partial charge in [0.1, 0.15) is 11.6 Å². The fourth-order valence-corrected chi connectivity index (χ4v) is 2.78. The van der Waals surface area contributed by atoms with Crippen LogP contribution in [-0.4, -0.2) is 15.6 Å². The molecule has 0 aliphatic carbocycles. The van der Waals surface area contributed by atoms with E-state index in [1.807, 2.05) is 10.6 Å². The van der Waals surface area contributed by atoms with Gasteiger partial charge in [-0.3, -0.25) is 0 Å². The number of rotatable bonds is 4. The Balaban J connectivity index is 2.27. The molecule has 3 aromatic rings. The molecule has 23 heavy (non-hydrogen) atoms. The fraction of sp³-hybridized carbons (Fsp3) is 0.316. The Morgan fingerprint density at radius 2 is 1.87 bits per heavy atom. The van der Waals surface area contributed by atoms with Crippen molar-refractivity contribution >= 4 is 11.0 Å². The first-order chi connectivity index (χ1) is 11.0. The van der Waals surface area contributed by atoms with Crippen molar-refractivity contribution in [1.82, 2.24) is 9.55 Å². The maximum atomic E-state index is 14.3. The fourth-order valence-electron chi connectivity index (χ4n) is 2.78. The monoisotopic (exact) mass is 311 g/mol. The average Bonchev–Trinajstić information content (AvgIpc) is 2.86. The van der Waals surface area contributed by atoms with Crippen LogP contribution in [0, 0.1) is 19.7 Å². The highest BCUT2D eigenvalue weighted by atomic mass is 19.1. The second kappa shape index (κ2) is 6.13. The van der Waals surface area contributed by atoms with E-state index in [4.69, 9.17) is 10.7 Å². The van der Waals surface area contributed by atoms with Crippen molar-refractivity contribution in [2.45, 2.75) is 39.8 Å². The van der Waals surface area contributed by atoms with E-state index in [0.29, 0.717) is 17.9 Å². The zero-order valence-electron chi connectivity index (χ0n) is 13.8. The summed E-state index contributed by atoms with van der Waals surface area (Å²) in [6.45, 7) is 6.82. The summed E-state index contributed by atoms with van der Waals surface area (Å²) in [5, 5.41) is 0. The van der Waals surface area contributed by atoms with Crippen LogP contribution in [0.15, 0.2) is 36.4 Å². The van der Waals surface area contributed by atoms with Crippen molar-refractivity contribution in [1.29, 1.82) is 0 Å². The van der Waals surface area contributed by atoms with Crippen LogP contribution >= 0.6 is 0 Å². The molecule has 0 bridgehead atoms. The molecule has 1 unspecified atom stereocenters. The minimum absolute atomic E-state index is 0.0135. The van der Waals surface area contributed by atoms with Crippen LogP contribution in [0.25, 0.3) is 22.4 Å². The Hall–Kier alpha value is -2.20. The van der Waals surface area contributed by atoms with E-state index in [9.17, 15) is 4.39 Å². The normalized spacial score (nSPS) is 12.7. The number of aryl methyl sites for hydroxylation is 2. The number of benzene rings is 2. The molecule has 2 N–H and O–H groups in total. The van der Waals surface area contributed by atoms with E-state index in [2.05, 4.69) is 32.9 Å². The summed E-state index contributed by atoms with van der Waals surface area (Å²) in [6.07, 6.45) is 0.862. The van der Waals surface area contributed by atoms with E-state index >= 15 is 0 Å². The third-order valence-corrected chi connectivity index (χ3v) is 4.42. The smallest absolute Gasteiger partial charge is 0.144 e. The molecule has 2 aromatic carbocycles. The largest absolute Gasteiger partial charge is 0.326 e. The first kappa shape index (κ1) is 15.7. The van der Waals surface area contributed by atoms with Crippen LogP contribution in [-0.2, 0) is 6.54 Å². The summed E-state index contributed by atoms with van der Waals surface area (Å²) in [5.74, 6) is 0.384. The summed E-state index contributed by atoms with van der Waals surface area (Å²) >= 11 is 0. The Labute approximate surface area is 136 Å². The van der Waals surface area contributed by atoms with Gasteiger partial charge in [-0.15, -0.1) is 0 Å². The number of imidazole rings is 1. The molecule has 1 atom stereocenters. The lowest BCUT2D eigenvalue weighted by Crippen LogP contribution is -2.25. The molecule has 3 rings (SSSR count). The van der Waals surface area contributed by atoms with Crippen LogP contribution in [0.2, 0.25) is 0 Å². The molecule has 4 heteroatoms. The molecule has 0 spiro atoms. The number of aromatic nitrogens is 2. The highest BCUT2D eigenvalue weighted by Crippen LogP contribution is 2.28. The molecular formula is C19H22FN3. The molecule has 1 heterocycles. The molecule has 0 radical (unpaired) electrons. The predicted molar refractivity (Wildman–Crippen MR) is 92.9 cm³/mol. The number of nitrogens with two attached hydrogens (primary N) is 1. The van der Waals surface area contributed by atoms with Crippen LogP contribution < -0.4 is 5.73 Å². The van der Waals surface area contributed by atoms with E-state index in [0.717, 1.165) is 17.5 Å². The maximum absolute atomic E-state index is 14.3. The van der Waals surface area contributed by atoms with Gasteiger partial charge in [0, 0.05) is 12.6 Å². The van der Waals surface area contributed by atoms with Crippen LogP contribution in [0.3, 0.4) is 0 Å². The molecule has 0 saturated carbocycles. The first-order valence-corrected chi connectivity index (χ1v) is 7.99. The first-order valence-electron chi connectivity index (χ1n) is 7.99. The van der Waals surface area contributed by atoms with Gasteiger partial charge >= 0.3 is 0 Å². The van der Waals surface area contributed by atoms with Crippen LogP contribution in [0.4, 0.5) is 4.39 Å².